The fraction of sp³-hybridized carbons (Fsp3) is 0.556. The summed E-state index contributed by atoms with van der Waals surface area (Å²) in [7, 11) is 0. The van der Waals surface area contributed by atoms with Gasteiger partial charge in [-0.05, 0) is 66.1 Å². The molecule has 4 heteroatoms. The molecular weight excluding hydrogens is 384 g/mol. The summed E-state index contributed by atoms with van der Waals surface area (Å²) in [5.41, 5.74) is 6.37. The Morgan fingerprint density at radius 2 is 1.35 bits per heavy atom. The molecule has 0 heterocycles. The monoisotopic (exact) mass is 422 g/mol. The van der Waals surface area contributed by atoms with E-state index in [4.69, 9.17) is 0 Å². The van der Waals surface area contributed by atoms with Crippen LogP contribution in [0.1, 0.15) is 90.2 Å². The standard InChI is InChI=1S/C27H38N2O2/c1-5-9-17-28(18-10-6-2)21-11-13-23-24-14-12-22(29(30)31)20-26(24)27(15-7-3,16-8-4)25(23)19-21/h11-14,19-20H,5-10,15-18H2,1-4H3. The average Bonchev–Trinajstić information content (AvgIpc) is 3.03. The summed E-state index contributed by atoms with van der Waals surface area (Å²) >= 11 is 0. The zero-order chi connectivity index (χ0) is 22.4. The second-order valence-electron chi connectivity index (χ2n) is 8.99. The van der Waals surface area contributed by atoms with Gasteiger partial charge in [-0.3, -0.25) is 10.1 Å². The van der Waals surface area contributed by atoms with E-state index in [0.29, 0.717) is 0 Å². The van der Waals surface area contributed by atoms with E-state index in [1.807, 2.05) is 12.1 Å². The van der Waals surface area contributed by atoms with Crippen molar-refractivity contribution in [1.29, 1.82) is 0 Å². The number of rotatable bonds is 12. The molecule has 0 unspecified atom stereocenters. The van der Waals surface area contributed by atoms with Crippen molar-refractivity contribution in [2.24, 2.45) is 0 Å². The Morgan fingerprint density at radius 1 is 0.806 bits per heavy atom. The highest BCUT2D eigenvalue weighted by Crippen LogP contribution is 2.55. The smallest absolute Gasteiger partial charge is 0.269 e. The predicted octanol–water partition coefficient (Wildman–Crippen LogP) is 7.87. The third kappa shape index (κ3) is 4.49. The van der Waals surface area contributed by atoms with Gasteiger partial charge >= 0.3 is 0 Å². The summed E-state index contributed by atoms with van der Waals surface area (Å²) < 4.78 is 0. The van der Waals surface area contributed by atoms with Crippen LogP contribution < -0.4 is 4.90 Å². The second-order valence-corrected chi connectivity index (χ2v) is 8.99. The maximum absolute atomic E-state index is 11.5. The first kappa shape index (κ1) is 23.3. The summed E-state index contributed by atoms with van der Waals surface area (Å²) in [6, 6.07) is 12.4. The van der Waals surface area contributed by atoms with Crippen LogP contribution in [-0.4, -0.2) is 18.0 Å². The normalized spacial score (nSPS) is 13.7. The van der Waals surface area contributed by atoms with Crippen LogP contribution in [0.15, 0.2) is 36.4 Å². The first-order chi connectivity index (χ1) is 15.0. The molecular formula is C27H38N2O2. The van der Waals surface area contributed by atoms with Gasteiger partial charge in [-0.2, -0.15) is 0 Å². The minimum Gasteiger partial charge on any atom is -0.372 e. The molecule has 4 nitrogen and oxygen atoms in total. The molecule has 31 heavy (non-hydrogen) atoms. The summed E-state index contributed by atoms with van der Waals surface area (Å²) in [5.74, 6) is 0. The van der Waals surface area contributed by atoms with Gasteiger partial charge in [0.1, 0.15) is 0 Å². The second kappa shape index (κ2) is 10.3. The molecule has 1 aliphatic carbocycles. The van der Waals surface area contributed by atoms with Crippen LogP contribution >= 0.6 is 0 Å². The van der Waals surface area contributed by atoms with Crippen LogP contribution in [0.25, 0.3) is 11.1 Å². The predicted molar refractivity (Wildman–Crippen MR) is 131 cm³/mol. The summed E-state index contributed by atoms with van der Waals surface area (Å²) in [6.45, 7) is 11.1. The third-order valence-corrected chi connectivity index (χ3v) is 6.82. The molecule has 0 fully saturated rings. The van der Waals surface area contributed by atoms with Crippen LogP contribution in [0.3, 0.4) is 0 Å². The number of non-ortho nitro benzene ring substituents is 1. The summed E-state index contributed by atoms with van der Waals surface area (Å²) in [5, 5.41) is 11.5. The molecule has 0 saturated heterocycles. The SMILES string of the molecule is CCCCN(CCCC)c1ccc2c(c1)C(CCC)(CCC)c1cc([N+](=O)[O-])ccc1-2. The Balaban J connectivity index is 2.15. The zero-order valence-electron chi connectivity index (χ0n) is 19.7. The van der Waals surface area contributed by atoms with Crippen molar-refractivity contribution in [1.82, 2.24) is 0 Å². The fourth-order valence-electron chi connectivity index (χ4n) is 5.37. The fourth-order valence-corrected chi connectivity index (χ4v) is 5.37. The van der Waals surface area contributed by atoms with Crippen molar-refractivity contribution in [3.05, 3.63) is 57.6 Å². The van der Waals surface area contributed by atoms with E-state index in [0.717, 1.165) is 44.3 Å². The zero-order valence-corrected chi connectivity index (χ0v) is 19.7. The lowest BCUT2D eigenvalue weighted by atomic mass is 9.71. The Hall–Kier alpha value is -2.36. The van der Waals surface area contributed by atoms with Crippen LogP contribution in [-0.2, 0) is 5.41 Å². The van der Waals surface area contributed by atoms with Gasteiger partial charge < -0.3 is 4.90 Å². The Labute approximate surface area is 187 Å². The lowest BCUT2D eigenvalue weighted by molar-refractivity contribution is -0.384. The molecule has 0 saturated carbocycles. The van der Waals surface area contributed by atoms with Crippen LogP contribution in [0.4, 0.5) is 11.4 Å². The summed E-state index contributed by atoms with van der Waals surface area (Å²) in [4.78, 5) is 13.8. The molecule has 0 aliphatic heterocycles. The lowest BCUT2D eigenvalue weighted by Crippen LogP contribution is -2.28. The first-order valence-corrected chi connectivity index (χ1v) is 12.2. The van der Waals surface area contributed by atoms with Crippen molar-refractivity contribution in [3.8, 4) is 11.1 Å². The minimum atomic E-state index is -0.255. The van der Waals surface area contributed by atoms with E-state index in [1.165, 1.54) is 48.1 Å². The van der Waals surface area contributed by atoms with Crippen molar-refractivity contribution in [3.63, 3.8) is 0 Å². The van der Waals surface area contributed by atoms with E-state index in [1.54, 1.807) is 6.07 Å². The molecule has 2 aromatic rings. The maximum atomic E-state index is 11.5. The van der Waals surface area contributed by atoms with Crippen molar-refractivity contribution in [2.75, 3.05) is 18.0 Å². The number of anilines is 1. The van der Waals surface area contributed by atoms with Crippen LogP contribution in [0.2, 0.25) is 0 Å². The third-order valence-electron chi connectivity index (χ3n) is 6.82. The van der Waals surface area contributed by atoms with Gasteiger partial charge in [0.2, 0.25) is 0 Å². The number of nitrogens with zero attached hydrogens (tertiary/aromatic N) is 2. The molecule has 3 rings (SSSR count). The van der Waals surface area contributed by atoms with Crippen molar-refractivity contribution in [2.45, 2.75) is 84.5 Å². The highest BCUT2D eigenvalue weighted by molar-refractivity contribution is 5.83. The molecule has 0 radical (unpaired) electrons. The molecule has 0 aromatic heterocycles. The quantitative estimate of drug-likeness (QED) is 0.258. The Bertz CT molecular complexity index is 892. The van der Waals surface area contributed by atoms with Crippen LogP contribution in [0.5, 0.6) is 0 Å². The number of nitro groups is 1. The molecule has 0 amide bonds. The number of unbranched alkanes of at least 4 members (excludes halogenated alkanes) is 2. The molecule has 0 bridgehead atoms. The van der Waals surface area contributed by atoms with Crippen molar-refractivity contribution < 1.29 is 4.92 Å². The van der Waals surface area contributed by atoms with Gasteiger partial charge in [-0.25, -0.2) is 0 Å². The molecule has 168 valence electrons. The van der Waals surface area contributed by atoms with Gasteiger partial charge in [0.15, 0.2) is 0 Å². The first-order valence-electron chi connectivity index (χ1n) is 12.2. The molecule has 1 aliphatic rings. The number of hydrogen-bond acceptors (Lipinski definition) is 3. The highest BCUT2D eigenvalue weighted by Gasteiger charge is 2.43. The topological polar surface area (TPSA) is 46.4 Å². The average molecular weight is 423 g/mol. The Morgan fingerprint density at radius 3 is 1.87 bits per heavy atom. The van der Waals surface area contributed by atoms with E-state index in [9.17, 15) is 10.1 Å². The Kier molecular flexibility index (Phi) is 7.74. The number of fused-ring (bicyclic) bond motifs is 3. The van der Waals surface area contributed by atoms with Crippen LogP contribution in [0, 0.1) is 10.1 Å². The largest absolute Gasteiger partial charge is 0.372 e. The van der Waals surface area contributed by atoms with Gasteiger partial charge in [0.25, 0.3) is 5.69 Å². The van der Waals surface area contributed by atoms with Gasteiger partial charge in [0.05, 0.1) is 4.92 Å². The van der Waals surface area contributed by atoms with Gasteiger partial charge in [-0.1, -0.05) is 59.4 Å². The van der Waals surface area contributed by atoms with Crippen molar-refractivity contribution >= 4 is 11.4 Å². The van der Waals surface area contributed by atoms with Gasteiger partial charge in [0, 0.05) is 36.3 Å². The lowest BCUT2D eigenvalue weighted by Gasteiger charge is -2.33. The highest BCUT2D eigenvalue weighted by atomic mass is 16.6. The van der Waals surface area contributed by atoms with E-state index in [2.05, 4.69) is 50.8 Å². The number of hydrogen-bond donors (Lipinski definition) is 0. The molecule has 0 N–H and O–H groups in total. The van der Waals surface area contributed by atoms with E-state index in [-0.39, 0.29) is 16.0 Å². The van der Waals surface area contributed by atoms with E-state index >= 15 is 0 Å². The minimum absolute atomic E-state index is 0.128. The van der Waals surface area contributed by atoms with E-state index < -0.39 is 0 Å². The molecule has 0 spiro atoms. The summed E-state index contributed by atoms with van der Waals surface area (Å²) in [6.07, 6.45) is 8.94. The number of nitro benzene ring substituents is 1. The maximum Gasteiger partial charge on any atom is 0.269 e. The molecule has 0 atom stereocenters. The number of benzene rings is 2. The van der Waals surface area contributed by atoms with Gasteiger partial charge in [-0.15, -0.1) is 0 Å². The molecule has 2 aromatic carbocycles.